The molecule has 8 heteroatoms. The standard InChI is InChI=1S/C17H21N5O2.HI/c18-17(22-15-3-1-2-7-19-15)21-12-13-4-8-20-16(11-13)24-14-5-9-23-10-6-14;/h1-4,7-8,11,14H,5-6,9-10,12H2,(H3,18,19,21,22);1H. The lowest BCUT2D eigenvalue weighted by molar-refractivity contribution is 0.0237. The summed E-state index contributed by atoms with van der Waals surface area (Å²) in [5, 5.41) is 2.95. The Labute approximate surface area is 164 Å². The zero-order chi connectivity index (χ0) is 16.6. The molecule has 3 heterocycles. The van der Waals surface area contributed by atoms with E-state index in [1.807, 2.05) is 30.3 Å². The number of aromatic nitrogens is 2. The number of nitrogens with zero attached hydrogens (tertiary/aromatic N) is 3. The number of nitrogens with two attached hydrogens (primary N) is 1. The predicted molar refractivity (Wildman–Crippen MR) is 107 cm³/mol. The van der Waals surface area contributed by atoms with E-state index >= 15 is 0 Å². The molecule has 3 N–H and O–H groups in total. The van der Waals surface area contributed by atoms with Crippen molar-refractivity contribution in [3.05, 3.63) is 48.3 Å². The van der Waals surface area contributed by atoms with Crippen LogP contribution in [-0.2, 0) is 11.3 Å². The molecule has 0 unspecified atom stereocenters. The summed E-state index contributed by atoms with van der Waals surface area (Å²) in [4.78, 5) is 12.7. The van der Waals surface area contributed by atoms with Crippen LogP contribution in [0.1, 0.15) is 18.4 Å². The molecule has 134 valence electrons. The lowest BCUT2D eigenvalue weighted by Crippen LogP contribution is -2.26. The fourth-order valence-electron chi connectivity index (χ4n) is 2.36. The van der Waals surface area contributed by atoms with Crippen molar-refractivity contribution >= 4 is 35.8 Å². The maximum atomic E-state index is 5.90. The van der Waals surface area contributed by atoms with Gasteiger partial charge < -0.3 is 20.5 Å². The van der Waals surface area contributed by atoms with Crippen molar-refractivity contribution in [3.8, 4) is 5.88 Å². The molecular formula is C17H22IN5O2. The molecule has 0 spiro atoms. The smallest absolute Gasteiger partial charge is 0.213 e. The van der Waals surface area contributed by atoms with Crippen LogP contribution in [0, 0.1) is 0 Å². The Morgan fingerprint density at radius 1 is 1.24 bits per heavy atom. The summed E-state index contributed by atoms with van der Waals surface area (Å²) < 4.78 is 11.2. The van der Waals surface area contributed by atoms with Gasteiger partial charge in [0.15, 0.2) is 5.96 Å². The number of halogens is 1. The van der Waals surface area contributed by atoms with Gasteiger partial charge in [0.25, 0.3) is 0 Å². The number of ether oxygens (including phenoxy) is 2. The Morgan fingerprint density at radius 2 is 2.08 bits per heavy atom. The van der Waals surface area contributed by atoms with Gasteiger partial charge in [0.05, 0.1) is 19.8 Å². The van der Waals surface area contributed by atoms with Crippen LogP contribution in [0.2, 0.25) is 0 Å². The third-order valence-corrected chi connectivity index (χ3v) is 3.61. The van der Waals surface area contributed by atoms with Crippen LogP contribution in [0.3, 0.4) is 0 Å². The molecule has 0 amide bonds. The largest absolute Gasteiger partial charge is 0.474 e. The highest BCUT2D eigenvalue weighted by molar-refractivity contribution is 14.0. The van der Waals surface area contributed by atoms with Crippen molar-refractivity contribution in [2.45, 2.75) is 25.5 Å². The Bertz CT molecular complexity index is 678. The van der Waals surface area contributed by atoms with Crippen LogP contribution >= 0.6 is 24.0 Å². The molecule has 0 atom stereocenters. The van der Waals surface area contributed by atoms with Gasteiger partial charge in [0, 0.05) is 31.3 Å². The molecule has 1 saturated heterocycles. The van der Waals surface area contributed by atoms with E-state index in [0.29, 0.717) is 24.2 Å². The highest BCUT2D eigenvalue weighted by atomic mass is 127. The monoisotopic (exact) mass is 455 g/mol. The molecule has 25 heavy (non-hydrogen) atoms. The first-order valence-electron chi connectivity index (χ1n) is 7.97. The molecular weight excluding hydrogens is 433 g/mol. The van der Waals surface area contributed by atoms with Gasteiger partial charge in [-0.3, -0.25) is 0 Å². The first-order chi connectivity index (χ1) is 11.8. The van der Waals surface area contributed by atoms with E-state index in [-0.39, 0.29) is 30.1 Å². The number of hydrogen-bond donors (Lipinski definition) is 2. The van der Waals surface area contributed by atoms with E-state index in [0.717, 1.165) is 31.6 Å². The van der Waals surface area contributed by atoms with Crippen molar-refractivity contribution < 1.29 is 9.47 Å². The lowest BCUT2D eigenvalue weighted by atomic mass is 10.1. The maximum absolute atomic E-state index is 5.90. The van der Waals surface area contributed by atoms with Gasteiger partial charge in [0.1, 0.15) is 11.9 Å². The Morgan fingerprint density at radius 3 is 2.84 bits per heavy atom. The van der Waals surface area contributed by atoms with Gasteiger partial charge in [0.2, 0.25) is 5.88 Å². The van der Waals surface area contributed by atoms with Crippen LogP contribution in [-0.4, -0.2) is 35.2 Å². The highest BCUT2D eigenvalue weighted by Gasteiger charge is 2.15. The molecule has 0 aliphatic carbocycles. The molecule has 7 nitrogen and oxygen atoms in total. The first-order valence-corrected chi connectivity index (χ1v) is 7.97. The average Bonchev–Trinajstić information content (AvgIpc) is 2.62. The van der Waals surface area contributed by atoms with E-state index < -0.39 is 0 Å². The molecule has 1 aliphatic rings. The summed E-state index contributed by atoms with van der Waals surface area (Å²) in [5.41, 5.74) is 6.86. The van der Waals surface area contributed by atoms with Crippen molar-refractivity contribution in [1.82, 2.24) is 9.97 Å². The van der Waals surface area contributed by atoms with Gasteiger partial charge in [-0.05, 0) is 23.8 Å². The maximum Gasteiger partial charge on any atom is 0.213 e. The number of aliphatic imine (C=N–C) groups is 1. The van der Waals surface area contributed by atoms with Crippen LogP contribution in [0.25, 0.3) is 0 Å². The fraction of sp³-hybridized carbons (Fsp3) is 0.353. The quantitative estimate of drug-likeness (QED) is 0.409. The van der Waals surface area contributed by atoms with Crippen LogP contribution in [0.15, 0.2) is 47.7 Å². The Kier molecular flexibility index (Phi) is 7.86. The molecule has 2 aromatic heterocycles. The summed E-state index contributed by atoms with van der Waals surface area (Å²) in [7, 11) is 0. The van der Waals surface area contributed by atoms with E-state index in [1.54, 1.807) is 12.4 Å². The topological polar surface area (TPSA) is 94.7 Å². The first kappa shape index (κ1) is 19.4. The Hall–Kier alpha value is -1.94. The number of rotatable bonds is 5. The Balaban J connectivity index is 0.00000225. The molecule has 3 rings (SSSR count). The third kappa shape index (κ3) is 6.46. The number of nitrogens with one attached hydrogen (secondary N) is 1. The zero-order valence-electron chi connectivity index (χ0n) is 13.8. The van der Waals surface area contributed by atoms with Gasteiger partial charge in [-0.1, -0.05) is 6.07 Å². The van der Waals surface area contributed by atoms with E-state index in [1.165, 1.54) is 0 Å². The zero-order valence-corrected chi connectivity index (χ0v) is 16.1. The van der Waals surface area contributed by atoms with Gasteiger partial charge in [-0.25, -0.2) is 15.0 Å². The average molecular weight is 455 g/mol. The number of anilines is 1. The van der Waals surface area contributed by atoms with E-state index in [2.05, 4.69) is 20.3 Å². The summed E-state index contributed by atoms with van der Waals surface area (Å²) in [6.07, 6.45) is 5.37. The predicted octanol–water partition coefficient (Wildman–Crippen LogP) is 2.58. The molecule has 0 aromatic carbocycles. The minimum atomic E-state index is 0. The molecule has 1 fully saturated rings. The van der Waals surface area contributed by atoms with Crippen LogP contribution in [0.5, 0.6) is 5.88 Å². The van der Waals surface area contributed by atoms with Crippen molar-refractivity contribution in [2.24, 2.45) is 10.7 Å². The van der Waals surface area contributed by atoms with Crippen molar-refractivity contribution in [1.29, 1.82) is 0 Å². The molecule has 0 radical (unpaired) electrons. The second kappa shape index (κ2) is 10.1. The summed E-state index contributed by atoms with van der Waals surface area (Å²) >= 11 is 0. The molecule has 0 saturated carbocycles. The normalized spacial score (nSPS) is 15.3. The second-order valence-electron chi connectivity index (χ2n) is 5.47. The van der Waals surface area contributed by atoms with Crippen molar-refractivity contribution in [2.75, 3.05) is 18.5 Å². The lowest BCUT2D eigenvalue weighted by Gasteiger charge is -2.22. The minimum absolute atomic E-state index is 0. The molecule has 2 aromatic rings. The molecule has 0 bridgehead atoms. The van der Waals surface area contributed by atoms with Crippen LogP contribution < -0.4 is 15.8 Å². The number of guanidine groups is 1. The van der Waals surface area contributed by atoms with Crippen molar-refractivity contribution in [3.63, 3.8) is 0 Å². The van der Waals surface area contributed by atoms with E-state index in [9.17, 15) is 0 Å². The summed E-state index contributed by atoms with van der Waals surface area (Å²) in [6, 6.07) is 9.34. The fourth-order valence-corrected chi connectivity index (χ4v) is 2.36. The number of hydrogen-bond acceptors (Lipinski definition) is 5. The highest BCUT2D eigenvalue weighted by Crippen LogP contribution is 2.17. The summed E-state index contributed by atoms with van der Waals surface area (Å²) in [5.74, 6) is 1.60. The van der Waals surface area contributed by atoms with Gasteiger partial charge in [-0.15, -0.1) is 24.0 Å². The molecule has 1 aliphatic heterocycles. The SMILES string of the molecule is I.NC(=NCc1ccnc(OC2CCOCC2)c1)Nc1ccccn1. The van der Waals surface area contributed by atoms with Gasteiger partial charge in [-0.2, -0.15) is 0 Å². The minimum Gasteiger partial charge on any atom is -0.474 e. The van der Waals surface area contributed by atoms with Crippen LogP contribution in [0.4, 0.5) is 5.82 Å². The second-order valence-corrected chi connectivity index (χ2v) is 5.47. The van der Waals surface area contributed by atoms with Gasteiger partial charge >= 0.3 is 0 Å². The van der Waals surface area contributed by atoms with E-state index in [4.69, 9.17) is 15.2 Å². The number of pyridine rings is 2. The summed E-state index contributed by atoms with van der Waals surface area (Å²) in [6.45, 7) is 1.92. The third-order valence-electron chi connectivity index (χ3n) is 3.61.